The van der Waals surface area contributed by atoms with Crippen molar-refractivity contribution < 1.29 is 19.0 Å². The first-order valence-corrected chi connectivity index (χ1v) is 15.4. The van der Waals surface area contributed by atoms with Crippen LogP contribution >= 0.6 is 0 Å². The lowest BCUT2D eigenvalue weighted by Gasteiger charge is -2.51. The van der Waals surface area contributed by atoms with Gasteiger partial charge in [-0.2, -0.15) is 5.10 Å². The van der Waals surface area contributed by atoms with Crippen molar-refractivity contribution in [1.82, 2.24) is 35.0 Å². The van der Waals surface area contributed by atoms with E-state index >= 15 is 0 Å². The Morgan fingerprint density at radius 1 is 1.16 bits per heavy atom. The zero-order valence-electron chi connectivity index (χ0n) is 25.7. The number of carbonyl (C=O) groups excluding carboxylic acids is 1. The topological polar surface area (TPSA) is 124 Å². The number of benzene rings is 1. The summed E-state index contributed by atoms with van der Waals surface area (Å²) < 4.78 is 21.7. The first-order valence-electron chi connectivity index (χ1n) is 15.4. The van der Waals surface area contributed by atoms with Crippen LogP contribution in [-0.4, -0.2) is 91.2 Å². The largest absolute Gasteiger partial charge is 0.492 e. The van der Waals surface area contributed by atoms with Crippen LogP contribution in [0, 0.1) is 12.7 Å². The summed E-state index contributed by atoms with van der Waals surface area (Å²) in [5.74, 6) is 0.859. The number of carbonyl (C=O) groups is 1. The van der Waals surface area contributed by atoms with Gasteiger partial charge in [-0.25, -0.2) is 13.9 Å². The van der Waals surface area contributed by atoms with E-state index in [1.54, 1.807) is 12.3 Å². The van der Waals surface area contributed by atoms with Gasteiger partial charge in [-0.3, -0.25) is 14.8 Å². The van der Waals surface area contributed by atoms with E-state index < -0.39 is 17.0 Å². The number of fused-ring (bicyclic) bond motifs is 3. The van der Waals surface area contributed by atoms with E-state index in [1.807, 2.05) is 49.8 Å². The summed E-state index contributed by atoms with van der Waals surface area (Å²) in [6, 6.07) is 10.4. The smallest absolute Gasteiger partial charge is 0.252 e. The van der Waals surface area contributed by atoms with Gasteiger partial charge in [-0.15, -0.1) is 5.10 Å². The van der Waals surface area contributed by atoms with Crippen LogP contribution in [0.1, 0.15) is 42.6 Å². The Labute approximate surface area is 260 Å². The fourth-order valence-electron chi connectivity index (χ4n) is 6.83. The highest BCUT2D eigenvalue weighted by Crippen LogP contribution is 2.35. The molecule has 0 atom stereocenters. The number of nitrogens with zero attached hydrogens (tertiary/aromatic N) is 6. The molecule has 234 valence electrons. The van der Waals surface area contributed by atoms with Gasteiger partial charge < -0.3 is 20.1 Å². The summed E-state index contributed by atoms with van der Waals surface area (Å²) >= 11 is 0. The van der Waals surface area contributed by atoms with Crippen LogP contribution in [0.15, 0.2) is 55.0 Å². The number of hydrogen-bond donors (Lipinski definition) is 3. The number of amides is 1. The predicted molar refractivity (Wildman–Crippen MR) is 169 cm³/mol. The fourth-order valence-corrected chi connectivity index (χ4v) is 6.83. The number of hydrogen-bond acceptors (Lipinski definition) is 8. The number of anilines is 1. The summed E-state index contributed by atoms with van der Waals surface area (Å²) in [4.78, 5) is 22.7. The number of aliphatic hydroxyl groups is 1. The van der Waals surface area contributed by atoms with Crippen LogP contribution in [0.5, 0.6) is 5.75 Å². The zero-order chi connectivity index (χ0) is 31.3. The van der Waals surface area contributed by atoms with Crippen molar-refractivity contribution in [2.45, 2.75) is 44.8 Å². The highest BCUT2D eigenvalue weighted by atomic mass is 19.1. The summed E-state index contributed by atoms with van der Waals surface area (Å²) in [7, 11) is 0. The van der Waals surface area contributed by atoms with Gasteiger partial charge in [0, 0.05) is 55.6 Å². The molecule has 0 aliphatic carbocycles. The third-order valence-corrected chi connectivity index (χ3v) is 8.99. The third kappa shape index (κ3) is 5.59. The molecular formula is C33H37FN8O3. The first-order chi connectivity index (χ1) is 21.6. The number of halogens is 1. The number of piperidine rings is 1. The summed E-state index contributed by atoms with van der Waals surface area (Å²) in [6.07, 6.45) is 6.88. The zero-order valence-corrected chi connectivity index (χ0v) is 25.7. The first kappa shape index (κ1) is 29.2. The van der Waals surface area contributed by atoms with E-state index in [0.717, 1.165) is 33.4 Å². The average Bonchev–Trinajstić information content (AvgIpc) is 3.59. The van der Waals surface area contributed by atoms with Crippen molar-refractivity contribution in [3.63, 3.8) is 0 Å². The lowest BCUT2D eigenvalue weighted by atomic mass is 9.83. The van der Waals surface area contributed by atoms with E-state index in [9.17, 15) is 14.3 Å². The molecule has 6 heterocycles. The van der Waals surface area contributed by atoms with E-state index in [1.165, 1.54) is 12.1 Å². The van der Waals surface area contributed by atoms with Gasteiger partial charge in [0.2, 0.25) is 0 Å². The highest BCUT2D eigenvalue weighted by Gasteiger charge is 2.44. The minimum Gasteiger partial charge on any atom is -0.492 e. The molecule has 2 saturated heterocycles. The van der Waals surface area contributed by atoms with Crippen LogP contribution in [-0.2, 0) is 0 Å². The van der Waals surface area contributed by atoms with Crippen molar-refractivity contribution in [3.05, 3.63) is 71.9 Å². The molecule has 5 aromatic rings. The van der Waals surface area contributed by atoms with E-state index in [-0.39, 0.29) is 5.91 Å². The molecule has 1 aromatic carbocycles. The Bertz CT molecular complexity index is 1870. The van der Waals surface area contributed by atoms with Gasteiger partial charge in [0.25, 0.3) is 5.91 Å². The number of H-pyrrole nitrogens is 1. The number of ether oxygens (including phenoxy) is 1. The minimum atomic E-state index is -0.717. The molecule has 7 rings (SSSR count). The standard InChI is InChI=1S/C33H37FN8O3/c1-4-45-24-14-26(29-27-16-36-38-30(27)39-42(29)17-24)22-6-8-28(35-15-22)41-11-9-33(10-12-41,20-40-18-32(3,44)19-40)37-31(43)25-13-23(34)7-5-21(25)2/h5-8,13-17,44H,4,9-12,18-20H2,1-3H3,(H,37,43)(H,38,39). The molecule has 0 saturated carbocycles. The number of aromatic nitrogens is 5. The number of nitrogens with one attached hydrogen (secondary N) is 2. The second kappa shape index (κ2) is 11.1. The second-order valence-corrected chi connectivity index (χ2v) is 12.7. The lowest BCUT2D eigenvalue weighted by molar-refractivity contribution is -0.0931. The van der Waals surface area contributed by atoms with Crippen molar-refractivity contribution in [2.75, 3.05) is 44.2 Å². The number of aromatic amines is 1. The quantitative estimate of drug-likeness (QED) is 0.241. The molecular weight excluding hydrogens is 575 g/mol. The number of likely N-dealkylation sites (tertiary alicyclic amines) is 1. The Hall–Kier alpha value is -4.55. The van der Waals surface area contributed by atoms with Gasteiger partial charge in [0.05, 0.1) is 41.0 Å². The summed E-state index contributed by atoms with van der Waals surface area (Å²) in [6.45, 7) is 9.21. The molecule has 1 amide bonds. The molecule has 2 fully saturated rings. The van der Waals surface area contributed by atoms with E-state index in [2.05, 4.69) is 36.5 Å². The van der Waals surface area contributed by atoms with Gasteiger partial charge in [-0.1, -0.05) is 6.07 Å². The summed E-state index contributed by atoms with van der Waals surface area (Å²) in [5.41, 5.74) is 3.34. The Morgan fingerprint density at radius 3 is 2.67 bits per heavy atom. The van der Waals surface area contributed by atoms with Crippen LogP contribution in [0.2, 0.25) is 0 Å². The van der Waals surface area contributed by atoms with Gasteiger partial charge in [0.15, 0.2) is 5.65 Å². The fraction of sp³-hybridized carbons (Fsp3) is 0.394. The van der Waals surface area contributed by atoms with Gasteiger partial charge >= 0.3 is 0 Å². The predicted octanol–water partition coefficient (Wildman–Crippen LogP) is 3.95. The molecule has 0 radical (unpaired) electrons. The SMILES string of the molecule is CCOc1cc(-c2ccc(N3CCC(CN4CC(C)(O)C4)(NC(=O)c4cc(F)ccc4C)CC3)nc2)c2c3cn[nH]c3nn2c1. The maximum atomic E-state index is 14.0. The van der Waals surface area contributed by atoms with Crippen molar-refractivity contribution in [3.8, 4) is 16.9 Å². The molecule has 0 spiro atoms. The van der Waals surface area contributed by atoms with Crippen LogP contribution in [0.25, 0.3) is 27.7 Å². The average molecular weight is 613 g/mol. The Morgan fingerprint density at radius 2 is 1.96 bits per heavy atom. The molecule has 0 bridgehead atoms. The molecule has 3 N–H and O–H groups in total. The van der Waals surface area contributed by atoms with E-state index in [0.29, 0.717) is 69.1 Å². The molecule has 12 heteroatoms. The summed E-state index contributed by atoms with van der Waals surface area (Å²) in [5, 5.41) is 26.3. The molecule has 2 aliphatic heterocycles. The second-order valence-electron chi connectivity index (χ2n) is 12.7. The number of aryl methyl sites for hydroxylation is 1. The molecule has 2 aliphatic rings. The Balaban J connectivity index is 1.12. The molecule has 45 heavy (non-hydrogen) atoms. The highest BCUT2D eigenvalue weighted by molar-refractivity contribution is 6.01. The van der Waals surface area contributed by atoms with Crippen LogP contribution in [0.4, 0.5) is 10.2 Å². The minimum absolute atomic E-state index is 0.276. The van der Waals surface area contributed by atoms with Crippen molar-refractivity contribution >= 4 is 28.3 Å². The maximum Gasteiger partial charge on any atom is 0.252 e. The van der Waals surface area contributed by atoms with E-state index in [4.69, 9.17) is 9.72 Å². The monoisotopic (exact) mass is 612 g/mol. The van der Waals surface area contributed by atoms with Crippen molar-refractivity contribution in [1.29, 1.82) is 0 Å². The number of β-amino-alcohol motifs (C(OH)–C–C–N with tert-alkyl or cyclic N) is 1. The lowest BCUT2D eigenvalue weighted by Crippen LogP contribution is -2.67. The Kier molecular flexibility index (Phi) is 7.20. The molecule has 11 nitrogen and oxygen atoms in total. The maximum absolute atomic E-state index is 14.0. The molecule has 4 aromatic heterocycles. The number of pyridine rings is 2. The van der Waals surface area contributed by atoms with Crippen LogP contribution in [0.3, 0.4) is 0 Å². The normalized spacial score (nSPS) is 17.8. The van der Waals surface area contributed by atoms with Gasteiger partial charge in [0.1, 0.15) is 17.4 Å². The van der Waals surface area contributed by atoms with Crippen molar-refractivity contribution in [2.24, 2.45) is 0 Å². The molecule has 0 unspecified atom stereocenters. The third-order valence-electron chi connectivity index (χ3n) is 8.99. The van der Waals surface area contributed by atoms with Gasteiger partial charge in [-0.05, 0) is 69.5 Å². The van der Waals surface area contributed by atoms with Crippen LogP contribution < -0.4 is 15.0 Å². The number of rotatable bonds is 8.